The summed E-state index contributed by atoms with van der Waals surface area (Å²) < 4.78 is 4.67. The van der Waals surface area contributed by atoms with E-state index >= 15 is 0 Å². The van der Waals surface area contributed by atoms with Crippen molar-refractivity contribution in [2.24, 2.45) is 5.73 Å². The zero-order valence-corrected chi connectivity index (χ0v) is 18.4. The molecule has 0 saturated heterocycles. The Balaban J connectivity index is 1.53. The molecular formula is C24H23N3O4S. The normalized spacial score (nSPS) is 13.3. The number of nitrogens with zero attached hydrogens (tertiary/aromatic N) is 1. The molecule has 0 atom stereocenters. The monoisotopic (exact) mass is 449 g/mol. The molecule has 2 amide bonds. The van der Waals surface area contributed by atoms with Gasteiger partial charge in [-0.25, -0.2) is 4.79 Å². The molecule has 0 aliphatic carbocycles. The van der Waals surface area contributed by atoms with Crippen LogP contribution in [0.2, 0.25) is 0 Å². The average molecular weight is 450 g/mol. The number of carbonyl (C=O) groups excluding carboxylic acids is 3. The van der Waals surface area contributed by atoms with Gasteiger partial charge in [0.1, 0.15) is 5.00 Å². The molecule has 7 nitrogen and oxygen atoms in total. The lowest BCUT2D eigenvalue weighted by Crippen LogP contribution is -2.30. The number of amides is 2. The van der Waals surface area contributed by atoms with Crippen LogP contribution in [-0.4, -0.2) is 36.3 Å². The summed E-state index contributed by atoms with van der Waals surface area (Å²) in [5.41, 5.74) is 8.94. The van der Waals surface area contributed by atoms with E-state index < -0.39 is 11.9 Å². The molecule has 1 aromatic heterocycles. The summed E-state index contributed by atoms with van der Waals surface area (Å²) in [6.45, 7) is 2.32. The highest BCUT2D eigenvalue weighted by Crippen LogP contribution is 2.37. The number of rotatable bonds is 6. The van der Waals surface area contributed by atoms with Gasteiger partial charge in [0.25, 0.3) is 11.8 Å². The summed E-state index contributed by atoms with van der Waals surface area (Å²) in [4.78, 5) is 39.9. The van der Waals surface area contributed by atoms with E-state index in [4.69, 9.17) is 5.73 Å². The van der Waals surface area contributed by atoms with Crippen molar-refractivity contribution in [3.8, 4) is 0 Å². The number of methoxy groups -OCH3 is 1. The first-order chi connectivity index (χ1) is 15.5. The molecule has 1 aliphatic heterocycles. The van der Waals surface area contributed by atoms with Crippen LogP contribution in [0.1, 0.15) is 47.1 Å². The third kappa shape index (κ3) is 4.56. The quantitative estimate of drug-likeness (QED) is 0.562. The number of primary amides is 1. The number of hydrogen-bond donors (Lipinski definition) is 2. The third-order valence-electron chi connectivity index (χ3n) is 5.43. The number of nitrogens with one attached hydrogen (secondary N) is 1. The molecule has 0 spiro atoms. The minimum atomic E-state index is -0.546. The Bertz CT molecular complexity index is 1160. The molecule has 0 saturated carbocycles. The van der Waals surface area contributed by atoms with Crippen molar-refractivity contribution in [3.05, 3.63) is 87.3 Å². The first kappa shape index (κ1) is 21.7. The van der Waals surface area contributed by atoms with Crippen LogP contribution in [-0.2, 0) is 24.2 Å². The maximum absolute atomic E-state index is 12.8. The number of hydrogen-bond acceptors (Lipinski definition) is 6. The van der Waals surface area contributed by atoms with Gasteiger partial charge in [-0.3, -0.25) is 14.5 Å². The zero-order valence-electron chi connectivity index (χ0n) is 17.6. The van der Waals surface area contributed by atoms with Gasteiger partial charge in [-0.2, -0.15) is 0 Å². The van der Waals surface area contributed by atoms with E-state index in [1.807, 2.05) is 18.2 Å². The van der Waals surface area contributed by atoms with Crippen LogP contribution in [0.4, 0.5) is 5.00 Å². The first-order valence-corrected chi connectivity index (χ1v) is 11.0. The Labute approximate surface area is 189 Å². The molecule has 2 aromatic carbocycles. The second-order valence-corrected chi connectivity index (χ2v) is 8.65. The van der Waals surface area contributed by atoms with Crippen LogP contribution in [0.25, 0.3) is 0 Å². The van der Waals surface area contributed by atoms with E-state index in [0.717, 1.165) is 23.5 Å². The predicted octanol–water partition coefficient (Wildman–Crippen LogP) is 3.44. The Morgan fingerprint density at radius 2 is 1.75 bits per heavy atom. The van der Waals surface area contributed by atoms with E-state index in [0.29, 0.717) is 34.7 Å². The highest BCUT2D eigenvalue weighted by atomic mass is 32.1. The molecule has 4 rings (SSSR count). The van der Waals surface area contributed by atoms with E-state index in [1.54, 1.807) is 12.1 Å². The lowest BCUT2D eigenvalue weighted by Gasteiger charge is -2.27. The van der Waals surface area contributed by atoms with Crippen LogP contribution in [0.3, 0.4) is 0 Å². The Morgan fingerprint density at radius 3 is 2.41 bits per heavy atom. The number of ether oxygens (including phenoxy) is 1. The van der Waals surface area contributed by atoms with Gasteiger partial charge in [0.05, 0.1) is 18.2 Å². The number of anilines is 1. The number of thiophene rings is 1. The molecule has 0 radical (unpaired) electrons. The van der Waals surface area contributed by atoms with Crippen LogP contribution >= 0.6 is 11.3 Å². The molecule has 0 unspecified atom stereocenters. The van der Waals surface area contributed by atoms with Crippen molar-refractivity contribution in [3.63, 3.8) is 0 Å². The van der Waals surface area contributed by atoms with Gasteiger partial charge < -0.3 is 15.8 Å². The fourth-order valence-electron chi connectivity index (χ4n) is 3.83. The highest BCUT2D eigenvalue weighted by Gasteiger charge is 2.28. The van der Waals surface area contributed by atoms with Crippen molar-refractivity contribution >= 4 is 34.1 Å². The number of fused-ring (bicyclic) bond motifs is 1. The van der Waals surface area contributed by atoms with Gasteiger partial charge in [0.15, 0.2) is 0 Å². The van der Waals surface area contributed by atoms with Gasteiger partial charge in [-0.05, 0) is 41.8 Å². The smallest absolute Gasteiger partial charge is 0.337 e. The van der Waals surface area contributed by atoms with Crippen molar-refractivity contribution in [2.75, 3.05) is 19.0 Å². The number of esters is 1. The van der Waals surface area contributed by atoms with Crippen LogP contribution in [0.5, 0.6) is 0 Å². The fraction of sp³-hybridized carbons (Fsp3) is 0.208. The highest BCUT2D eigenvalue weighted by molar-refractivity contribution is 7.17. The van der Waals surface area contributed by atoms with Crippen LogP contribution in [0.15, 0.2) is 54.6 Å². The van der Waals surface area contributed by atoms with E-state index in [9.17, 15) is 14.4 Å². The summed E-state index contributed by atoms with van der Waals surface area (Å²) in [7, 11) is 1.30. The molecule has 32 heavy (non-hydrogen) atoms. The maximum Gasteiger partial charge on any atom is 0.337 e. The SMILES string of the molecule is COC(=O)c1ccc(C(=O)Nc2sc3c(c2C(N)=O)CCN(Cc2ccccc2)C3)cc1. The summed E-state index contributed by atoms with van der Waals surface area (Å²) in [5, 5.41) is 3.30. The van der Waals surface area contributed by atoms with Crippen molar-refractivity contribution in [1.82, 2.24) is 4.90 Å². The molecule has 3 N–H and O–H groups in total. The second kappa shape index (κ2) is 9.33. The van der Waals surface area contributed by atoms with Crippen molar-refractivity contribution in [2.45, 2.75) is 19.5 Å². The summed E-state index contributed by atoms with van der Waals surface area (Å²) in [5.74, 6) is -1.39. The lowest BCUT2D eigenvalue weighted by molar-refractivity contribution is 0.0600. The van der Waals surface area contributed by atoms with Crippen LogP contribution < -0.4 is 11.1 Å². The van der Waals surface area contributed by atoms with Gasteiger partial charge in [0.2, 0.25) is 0 Å². The molecule has 0 bridgehead atoms. The summed E-state index contributed by atoms with van der Waals surface area (Å²) in [6, 6.07) is 16.4. The van der Waals surface area contributed by atoms with E-state index in [-0.39, 0.29) is 5.91 Å². The number of benzene rings is 2. The molecule has 0 fully saturated rings. The van der Waals surface area contributed by atoms with Crippen molar-refractivity contribution in [1.29, 1.82) is 0 Å². The molecule has 1 aliphatic rings. The summed E-state index contributed by atoms with van der Waals surface area (Å²) >= 11 is 1.39. The molecule has 2 heterocycles. The molecular weight excluding hydrogens is 426 g/mol. The Morgan fingerprint density at radius 1 is 1.06 bits per heavy atom. The largest absolute Gasteiger partial charge is 0.465 e. The minimum Gasteiger partial charge on any atom is -0.465 e. The standard InChI is InChI=1S/C24H23N3O4S/c1-31-24(30)17-9-7-16(8-10-17)22(29)26-23-20(21(25)28)18-11-12-27(14-19(18)32-23)13-15-5-3-2-4-6-15/h2-10H,11-14H2,1H3,(H2,25,28)(H,26,29). The topological polar surface area (TPSA) is 102 Å². The minimum absolute atomic E-state index is 0.354. The molecule has 164 valence electrons. The molecule has 8 heteroatoms. The predicted molar refractivity (Wildman–Crippen MR) is 123 cm³/mol. The van der Waals surface area contributed by atoms with Gasteiger partial charge >= 0.3 is 5.97 Å². The Kier molecular flexibility index (Phi) is 6.34. The van der Waals surface area contributed by atoms with Crippen molar-refractivity contribution < 1.29 is 19.1 Å². The zero-order chi connectivity index (χ0) is 22.7. The van der Waals surface area contributed by atoms with Crippen LogP contribution in [0, 0.1) is 0 Å². The third-order valence-corrected chi connectivity index (χ3v) is 6.56. The van der Waals surface area contributed by atoms with E-state index in [1.165, 1.54) is 36.1 Å². The first-order valence-electron chi connectivity index (χ1n) is 10.2. The maximum atomic E-state index is 12.8. The van der Waals surface area contributed by atoms with Gasteiger partial charge in [-0.1, -0.05) is 30.3 Å². The number of carbonyl (C=O) groups is 3. The second-order valence-electron chi connectivity index (χ2n) is 7.54. The van der Waals surface area contributed by atoms with E-state index in [2.05, 4.69) is 27.1 Å². The summed E-state index contributed by atoms with van der Waals surface area (Å²) in [6.07, 6.45) is 0.695. The fourth-order valence-corrected chi connectivity index (χ4v) is 5.12. The number of nitrogens with two attached hydrogens (primary N) is 1. The van der Waals surface area contributed by atoms with Gasteiger partial charge in [0, 0.05) is 30.1 Å². The average Bonchev–Trinajstić information content (AvgIpc) is 3.16. The Hall–Kier alpha value is -3.49. The molecule has 3 aromatic rings. The van der Waals surface area contributed by atoms with Gasteiger partial charge in [-0.15, -0.1) is 11.3 Å². The lowest BCUT2D eigenvalue weighted by atomic mass is 10.0.